The molecule has 1 atom stereocenters. The molecule has 2 aliphatic heterocycles. The third kappa shape index (κ3) is 5.51. The number of aromatic nitrogens is 3. The average molecular weight is 461 g/mol. The Hall–Kier alpha value is -3.10. The van der Waals surface area contributed by atoms with Crippen LogP contribution in [0.5, 0.6) is 0 Å². The molecule has 2 fully saturated rings. The van der Waals surface area contributed by atoms with Crippen LogP contribution in [0, 0.1) is 5.92 Å². The second-order valence-electron chi connectivity index (χ2n) is 9.25. The summed E-state index contributed by atoms with van der Waals surface area (Å²) in [5, 5.41) is 1.16. The van der Waals surface area contributed by atoms with Crippen molar-refractivity contribution in [2.24, 2.45) is 5.92 Å². The summed E-state index contributed by atoms with van der Waals surface area (Å²) in [7, 11) is 0. The second-order valence-corrected chi connectivity index (χ2v) is 9.25. The van der Waals surface area contributed by atoms with Gasteiger partial charge in [-0.05, 0) is 42.2 Å². The average Bonchev–Trinajstić information content (AvgIpc) is 3.07. The van der Waals surface area contributed by atoms with Crippen LogP contribution in [0.3, 0.4) is 0 Å². The van der Waals surface area contributed by atoms with Crippen LogP contribution in [0.1, 0.15) is 18.2 Å². The van der Waals surface area contributed by atoms with Gasteiger partial charge in [-0.1, -0.05) is 12.1 Å². The Kier molecular flexibility index (Phi) is 6.97. The fourth-order valence-corrected chi connectivity index (χ4v) is 4.94. The van der Waals surface area contributed by atoms with E-state index >= 15 is 0 Å². The van der Waals surface area contributed by atoms with E-state index in [2.05, 4.69) is 44.0 Å². The zero-order chi connectivity index (χ0) is 23.3. The molecule has 0 aliphatic carbocycles. The second kappa shape index (κ2) is 10.4. The Bertz CT molecular complexity index is 1130. The van der Waals surface area contributed by atoms with E-state index in [4.69, 9.17) is 9.72 Å². The highest BCUT2D eigenvalue weighted by atomic mass is 16.5. The van der Waals surface area contributed by atoms with Crippen LogP contribution >= 0.6 is 0 Å². The molecule has 3 aromatic rings. The largest absolute Gasteiger partial charge is 0.378 e. The summed E-state index contributed by atoms with van der Waals surface area (Å²) < 4.78 is 5.46. The number of amides is 1. The molecular formula is C26H32N6O2. The zero-order valence-electron chi connectivity index (χ0n) is 19.8. The third-order valence-corrected chi connectivity index (χ3v) is 6.70. The molecule has 2 saturated heterocycles. The minimum Gasteiger partial charge on any atom is -0.378 e. The van der Waals surface area contributed by atoms with Crippen LogP contribution in [-0.4, -0.2) is 83.1 Å². The molecule has 0 spiro atoms. The fraction of sp³-hybridized carbons (Fsp3) is 0.462. The van der Waals surface area contributed by atoms with Crippen LogP contribution in [0.2, 0.25) is 0 Å². The number of anilines is 1. The SMILES string of the molecule is CC(=O)N1CCN(Cc2ccnc(N3CCOCC3)n2)C[C@H](Cc2ccc3ncccc3c2)C1. The lowest BCUT2D eigenvalue weighted by molar-refractivity contribution is -0.129. The maximum atomic E-state index is 12.3. The lowest BCUT2D eigenvalue weighted by Gasteiger charge is -2.27. The number of hydrogen-bond donors (Lipinski definition) is 0. The van der Waals surface area contributed by atoms with E-state index in [1.807, 2.05) is 29.4 Å². The Balaban J connectivity index is 1.31. The van der Waals surface area contributed by atoms with E-state index in [0.717, 1.165) is 74.8 Å². The quantitative estimate of drug-likeness (QED) is 0.579. The van der Waals surface area contributed by atoms with E-state index in [9.17, 15) is 4.79 Å². The van der Waals surface area contributed by atoms with E-state index in [1.54, 1.807) is 6.92 Å². The number of carbonyl (C=O) groups is 1. The van der Waals surface area contributed by atoms with Gasteiger partial charge in [0.05, 0.1) is 24.4 Å². The number of hydrogen-bond acceptors (Lipinski definition) is 7. The molecule has 0 bridgehead atoms. The van der Waals surface area contributed by atoms with Gasteiger partial charge >= 0.3 is 0 Å². The summed E-state index contributed by atoms with van der Waals surface area (Å²) in [6.07, 6.45) is 4.61. The summed E-state index contributed by atoms with van der Waals surface area (Å²) in [6, 6.07) is 12.6. The molecule has 5 rings (SSSR count). The van der Waals surface area contributed by atoms with Crippen molar-refractivity contribution in [3.63, 3.8) is 0 Å². The van der Waals surface area contributed by atoms with Gasteiger partial charge in [0.25, 0.3) is 0 Å². The first-order valence-corrected chi connectivity index (χ1v) is 12.1. The standard InChI is InChI=1S/C26H32N6O2/c1-20(33)32-10-9-30(19-24-6-8-28-26(29-24)31-11-13-34-14-12-31)17-22(18-32)15-21-4-5-25-23(16-21)3-2-7-27-25/h2-8,16,22H,9-15,17-19H2,1H3/t22-/m0/s1. The van der Waals surface area contributed by atoms with Gasteiger partial charge in [-0.15, -0.1) is 0 Å². The molecule has 2 aromatic heterocycles. The molecule has 0 N–H and O–H groups in total. The molecule has 0 unspecified atom stereocenters. The highest BCUT2D eigenvalue weighted by Crippen LogP contribution is 2.21. The van der Waals surface area contributed by atoms with Gasteiger partial charge in [0.2, 0.25) is 11.9 Å². The molecule has 2 aliphatic rings. The van der Waals surface area contributed by atoms with Crippen LogP contribution in [-0.2, 0) is 22.5 Å². The zero-order valence-corrected chi connectivity index (χ0v) is 19.8. The molecule has 0 saturated carbocycles. The first kappa shape index (κ1) is 22.7. The van der Waals surface area contributed by atoms with Crippen molar-refractivity contribution in [3.05, 3.63) is 60.0 Å². The summed E-state index contributed by atoms with van der Waals surface area (Å²) in [4.78, 5) is 32.7. The van der Waals surface area contributed by atoms with Gasteiger partial charge < -0.3 is 14.5 Å². The summed E-state index contributed by atoms with van der Waals surface area (Å²) in [6.45, 7) is 8.79. The number of benzene rings is 1. The Morgan fingerprint density at radius 2 is 1.91 bits per heavy atom. The molecular weight excluding hydrogens is 428 g/mol. The van der Waals surface area contributed by atoms with Gasteiger partial charge in [-0.2, -0.15) is 0 Å². The lowest BCUT2D eigenvalue weighted by Crippen LogP contribution is -2.37. The van der Waals surface area contributed by atoms with Gasteiger partial charge in [0, 0.05) is 70.5 Å². The maximum absolute atomic E-state index is 12.3. The van der Waals surface area contributed by atoms with Gasteiger partial charge in [-0.3, -0.25) is 14.7 Å². The highest BCUT2D eigenvalue weighted by molar-refractivity contribution is 5.79. The van der Waals surface area contributed by atoms with Gasteiger partial charge in [-0.25, -0.2) is 9.97 Å². The Morgan fingerprint density at radius 3 is 2.76 bits per heavy atom. The molecule has 178 valence electrons. The predicted molar refractivity (Wildman–Crippen MR) is 132 cm³/mol. The van der Waals surface area contributed by atoms with Crippen LogP contribution < -0.4 is 4.90 Å². The van der Waals surface area contributed by atoms with Crippen molar-refractivity contribution in [1.29, 1.82) is 0 Å². The maximum Gasteiger partial charge on any atom is 0.225 e. The fourth-order valence-electron chi connectivity index (χ4n) is 4.94. The minimum absolute atomic E-state index is 0.145. The lowest BCUT2D eigenvalue weighted by atomic mass is 9.97. The number of ether oxygens (including phenoxy) is 1. The number of rotatable bonds is 5. The number of nitrogens with zero attached hydrogens (tertiary/aromatic N) is 6. The summed E-state index contributed by atoms with van der Waals surface area (Å²) >= 11 is 0. The van der Waals surface area contributed by atoms with Crippen molar-refractivity contribution in [3.8, 4) is 0 Å². The predicted octanol–water partition coefficient (Wildman–Crippen LogP) is 2.38. The highest BCUT2D eigenvalue weighted by Gasteiger charge is 2.25. The van der Waals surface area contributed by atoms with E-state index in [0.29, 0.717) is 19.1 Å². The third-order valence-electron chi connectivity index (χ3n) is 6.70. The van der Waals surface area contributed by atoms with Crippen LogP contribution in [0.25, 0.3) is 10.9 Å². The van der Waals surface area contributed by atoms with E-state index in [-0.39, 0.29) is 5.91 Å². The molecule has 34 heavy (non-hydrogen) atoms. The van der Waals surface area contributed by atoms with Crippen molar-refractivity contribution in [2.45, 2.75) is 19.9 Å². The summed E-state index contributed by atoms with van der Waals surface area (Å²) in [5.74, 6) is 1.27. The monoisotopic (exact) mass is 460 g/mol. The van der Waals surface area contributed by atoms with Gasteiger partial charge in [0.15, 0.2) is 0 Å². The van der Waals surface area contributed by atoms with Gasteiger partial charge in [0.1, 0.15) is 0 Å². The van der Waals surface area contributed by atoms with Crippen molar-refractivity contribution in [2.75, 3.05) is 57.4 Å². The Labute approximate surface area is 200 Å². The molecule has 8 heteroatoms. The first-order chi connectivity index (χ1) is 16.6. The van der Waals surface area contributed by atoms with Crippen molar-refractivity contribution < 1.29 is 9.53 Å². The van der Waals surface area contributed by atoms with Crippen LogP contribution in [0.4, 0.5) is 5.95 Å². The van der Waals surface area contributed by atoms with Crippen molar-refractivity contribution >= 4 is 22.8 Å². The smallest absolute Gasteiger partial charge is 0.225 e. The molecule has 1 amide bonds. The number of fused-ring (bicyclic) bond motifs is 1. The molecule has 0 radical (unpaired) electrons. The van der Waals surface area contributed by atoms with E-state index in [1.165, 1.54) is 5.56 Å². The first-order valence-electron chi connectivity index (χ1n) is 12.1. The number of carbonyl (C=O) groups excluding carboxylic acids is 1. The topological polar surface area (TPSA) is 74.7 Å². The van der Waals surface area contributed by atoms with Crippen molar-refractivity contribution in [1.82, 2.24) is 24.8 Å². The molecule has 4 heterocycles. The van der Waals surface area contributed by atoms with E-state index < -0.39 is 0 Å². The number of morpholine rings is 1. The minimum atomic E-state index is 0.145. The molecule has 8 nitrogen and oxygen atoms in total. The summed E-state index contributed by atoms with van der Waals surface area (Å²) in [5.41, 5.74) is 3.31. The Morgan fingerprint density at radius 1 is 1.03 bits per heavy atom. The normalized spacial score (nSPS) is 19.9. The number of pyridine rings is 1. The van der Waals surface area contributed by atoms with Crippen LogP contribution in [0.15, 0.2) is 48.8 Å². The molecule has 1 aromatic carbocycles.